The zero-order valence-corrected chi connectivity index (χ0v) is 11.7. The molecule has 0 aliphatic heterocycles. The molecule has 0 fully saturated rings. The third-order valence-electron chi connectivity index (χ3n) is 2.88. The third-order valence-corrected chi connectivity index (χ3v) is 2.88. The highest BCUT2D eigenvalue weighted by molar-refractivity contribution is 5.95. The summed E-state index contributed by atoms with van der Waals surface area (Å²) in [6, 6.07) is 7.41. The Morgan fingerprint density at radius 1 is 1.29 bits per heavy atom. The average molecular weight is 290 g/mol. The van der Waals surface area contributed by atoms with E-state index in [0.717, 1.165) is 5.56 Å². The predicted molar refractivity (Wildman–Crippen MR) is 75.9 cm³/mol. The van der Waals surface area contributed by atoms with Crippen LogP contribution in [0.25, 0.3) is 0 Å². The molecule has 1 heterocycles. The summed E-state index contributed by atoms with van der Waals surface area (Å²) in [7, 11) is 2.82. The van der Waals surface area contributed by atoms with Crippen LogP contribution in [0.2, 0.25) is 0 Å². The number of benzene rings is 1. The van der Waals surface area contributed by atoms with Crippen LogP contribution in [-0.4, -0.2) is 25.2 Å². The largest absolute Gasteiger partial charge is 0.481 e. The van der Waals surface area contributed by atoms with Crippen LogP contribution in [0.1, 0.15) is 15.9 Å². The van der Waals surface area contributed by atoms with Crippen LogP contribution < -0.4 is 10.1 Å². The topological polar surface area (TPSA) is 60.5 Å². The molecule has 6 heteroatoms. The molecule has 1 N–H and O–H groups in total. The summed E-state index contributed by atoms with van der Waals surface area (Å²) in [4.78, 5) is 15.7. The molecule has 0 amide bonds. The number of nitrogens with zero attached hydrogens (tertiary/aromatic N) is 1. The first-order chi connectivity index (χ1) is 10.1. The highest BCUT2D eigenvalue weighted by atomic mass is 19.1. The number of pyridine rings is 1. The Labute approximate surface area is 121 Å². The lowest BCUT2D eigenvalue weighted by atomic mass is 10.1. The van der Waals surface area contributed by atoms with E-state index in [2.05, 4.69) is 15.0 Å². The Morgan fingerprint density at radius 2 is 2.10 bits per heavy atom. The van der Waals surface area contributed by atoms with Crippen molar-refractivity contribution in [1.29, 1.82) is 0 Å². The maximum Gasteiger partial charge on any atom is 0.339 e. The van der Waals surface area contributed by atoms with E-state index in [9.17, 15) is 9.18 Å². The van der Waals surface area contributed by atoms with Gasteiger partial charge in [0, 0.05) is 18.8 Å². The van der Waals surface area contributed by atoms with Gasteiger partial charge in [-0.1, -0.05) is 6.07 Å². The summed E-state index contributed by atoms with van der Waals surface area (Å²) in [5, 5.41) is 3.00. The number of carbonyl (C=O) groups is 1. The minimum atomic E-state index is -0.523. The first kappa shape index (κ1) is 14.8. The van der Waals surface area contributed by atoms with Gasteiger partial charge in [0.15, 0.2) is 0 Å². The van der Waals surface area contributed by atoms with E-state index in [4.69, 9.17) is 4.74 Å². The van der Waals surface area contributed by atoms with Gasteiger partial charge >= 0.3 is 5.97 Å². The van der Waals surface area contributed by atoms with E-state index in [-0.39, 0.29) is 5.56 Å². The van der Waals surface area contributed by atoms with E-state index in [0.29, 0.717) is 18.1 Å². The van der Waals surface area contributed by atoms with Gasteiger partial charge in [-0.05, 0) is 23.8 Å². The Morgan fingerprint density at radius 3 is 2.71 bits per heavy atom. The maximum atomic E-state index is 13.3. The lowest BCUT2D eigenvalue weighted by Crippen LogP contribution is -2.09. The SMILES string of the molecule is COC(=O)c1ccc(F)cc1NCc1ccc(OC)nc1. The van der Waals surface area contributed by atoms with Crippen molar-refractivity contribution in [3.8, 4) is 5.88 Å². The van der Waals surface area contributed by atoms with E-state index in [1.807, 2.05) is 6.07 Å². The molecule has 0 aliphatic carbocycles. The quantitative estimate of drug-likeness (QED) is 0.858. The predicted octanol–water partition coefficient (Wildman–Crippen LogP) is 2.63. The van der Waals surface area contributed by atoms with E-state index >= 15 is 0 Å². The van der Waals surface area contributed by atoms with Gasteiger partial charge in [-0.25, -0.2) is 14.2 Å². The van der Waals surface area contributed by atoms with Gasteiger partial charge in [0.25, 0.3) is 0 Å². The number of hydrogen-bond acceptors (Lipinski definition) is 5. The van der Waals surface area contributed by atoms with E-state index in [1.165, 1.54) is 32.4 Å². The van der Waals surface area contributed by atoms with Crippen molar-refractivity contribution in [2.75, 3.05) is 19.5 Å². The van der Waals surface area contributed by atoms with Crippen molar-refractivity contribution >= 4 is 11.7 Å². The number of ether oxygens (including phenoxy) is 2. The summed E-state index contributed by atoms with van der Waals surface area (Å²) in [6.45, 7) is 0.393. The number of nitrogens with one attached hydrogen (secondary N) is 1. The van der Waals surface area contributed by atoms with E-state index in [1.54, 1.807) is 12.3 Å². The lowest BCUT2D eigenvalue weighted by molar-refractivity contribution is 0.0602. The summed E-state index contributed by atoms with van der Waals surface area (Å²) in [6.07, 6.45) is 1.64. The fourth-order valence-electron chi connectivity index (χ4n) is 1.78. The van der Waals surface area contributed by atoms with Crippen LogP contribution in [-0.2, 0) is 11.3 Å². The fraction of sp³-hybridized carbons (Fsp3) is 0.200. The molecule has 1 aromatic heterocycles. The highest BCUT2D eigenvalue weighted by Crippen LogP contribution is 2.19. The van der Waals surface area contributed by atoms with Gasteiger partial charge in [-0.15, -0.1) is 0 Å². The first-order valence-corrected chi connectivity index (χ1v) is 6.24. The molecule has 0 aliphatic rings. The summed E-state index contributed by atoms with van der Waals surface area (Å²) >= 11 is 0. The molecule has 110 valence electrons. The minimum Gasteiger partial charge on any atom is -0.481 e. The van der Waals surface area contributed by atoms with Gasteiger partial charge in [-0.2, -0.15) is 0 Å². The molecule has 21 heavy (non-hydrogen) atoms. The molecule has 2 rings (SSSR count). The number of esters is 1. The molecule has 0 saturated carbocycles. The lowest BCUT2D eigenvalue weighted by Gasteiger charge is -2.11. The van der Waals surface area contributed by atoms with Crippen LogP contribution in [0.5, 0.6) is 5.88 Å². The molecule has 0 saturated heterocycles. The molecule has 0 bridgehead atoms. The molecule has 0 radical (unpaired) electrons. The fourth-order valence-corrected chi connectivity index (χ4v) is 1.78. The number of anilines is 1. The Balaban J connectivity index is 2.14. The smallest absolute Gasteiger partial charge is 0.339 e. The number of halogens is 1. The number of aromatic nitrogens is 1. The summed E-state index contributed by atoms with van der Waals surface area (Å²) in [5.74, 6) is -0.442. The molecule has 2 aromatic rings. The molecule has 0 unspecified atom stereocenters. The highest BCUT2D eigenvalue weighted by Gasteiger charge is 2.12. The van der Waals surface area contributed by atoms with Crippen LogP contribution in [0.4, 0.5) is 10.1 Å². The summed E-state index contributed by atoms with van der Waals surface area (Å²) < 4.78 is 23.0. The zero-order chi connectivity index (χ0) is 15.2. The first-order valence-electron chi connectivity index (χ1n) is 6.24. The zero-order valence-electron chi connectivity index (χ0n) is 11.7. The van der Waals surface area contributed by atoms with Crippen molar-refractivity contribution in [3.63, 3.8) is 0 Å². The van der Waals surface area contributed by atoms with Gasteiger partial charge in [0.05, 0.1) is 25.5 Å². The monoisotopic (exact) mass is 290 g/mol. The number of rotatable bonds is 5. The molecule has 0 spiro atoms. The van der Waals surface area contributed by atoms with Crippen molar-refractivity contribution in [3.05, 3.63) is 53.5 Å². The normalized spacial score (nSPS) is 10.0. The number of carbonyl (C=O) groups excluding carboxylic acids is 1. The third kappa shape index (κ3) is 3.68. The number of methoxy groups -OCH3 is 2. The molecule has 1 aromatic carbocycles. The molecular formula is C15H15FN2O3. The second kappa shape index (κ2) is 6.69. The van der Waals surface area contributed by atoms with Crippen LogP contribution in [0.3, 0.4) is 0 Å². The van der Waals surface area contributed by atoms with Crippen molar-refractivity contribution in [2.24, 2.45) is 0 Å². The Hall–Kier alpha value is -2.63. The van der Waals surface area contributed by atoms with Crippen molar-refractivity contribution < 1.29 is 18.7 Å². The summed E-state index contributed by atoms with van der Waals surface area (Å²) in [5.41, 5.74) is 1.52. The van der Waals surface area contributed by atoms with Gasteiger partial charge in [-0.3, -0.25) is 0 Å². The average Bonchev–Trinajstić information content (AvgIpc) is 2.52. The van der Waals surface area contributed by atoms with Crippen molar-refractivity contribution in [1.82, 2.24) is 4.98 Å². The standard InChI is InChI=1S/C15H15FN2O3/c1-20-14-6-3-10(9-18-14)8-17-13-7-11(16)4-5-12(13)15(19)21-2/h3-7,9,17H,8H2,1-2H3. The Kier molecular flexibility index (Phi) is 4.71. The molecule has 5 nitrogen and oxygen atoms in total. The second-order valence-electron chi connectivity index (χ2n) is 4.24. The minimum absolute atomic E-state index is 0.278. The Bertz CT molecular complexity index is 629. The van der Waals surface area contributed by atoms with Crippen LogP contribution in [0, 0.1) is 5.82 Å². The number of hydrogen-bond donors (Lipinski definition) is 1. The molecule has 0 atom stereocenters. The molecular weight excluding hydrogens is 275 g/mol. The van der Waals surface area contributed by atoms with Gasteiger partial charge in [0.2, 0.25) is 5.88 Å². The van der Waals surface area contributed by atoms with Gasteiger partial charge in [0.1, 0.15) is 5.82 Å². The van der Waals surface area contributed by atoms with E-state index < -0.39 is 11.8 Å². The van der Waals surface area contributed by atoms with Crippen molar-refractivity contribution in [2.45, 2.75) is 6.54 Å². The maximum absolute atomic E-state index is 13.3. The van der Waals surface area contributed by atoms with Crippen LogP contribution >= 0.6 is 0 Å². The van der Waals surface area contributed by atoms with Gasteiger partial charge < -0.3 is 14.8 Å². The second-order valence-corrected chi connectivity index (χ2v) is 4.24. The van der Waals surface area contributed by atoms with Crippen LogP contribution in [0.15, 0.2) is 36.5 Å².